The Bertz CT molecular complexity index is 468. The predicted molar refractivity (Wildman–Crippen MR) is 90.3 cm³/mol. The van der Waals surface area contributed by atoms with Crippen molar-refractivity contribution in [2.75, 3.05) is 13.2 Å². The molecule has 0 fully saturated rings. The molecule has 0 bridgehead atoms. The molecule has 0 spiro atoms. The Balaban J connectivity index is 2.35. The maximum absolute atomic E-state index is 11.8. The van der Waals surface area contributed by atoms with Gasteiger partial charge < -0.3 is 4.74 Å². The van der Waals surface area contributed by atoms with Gasteiger partial charge in [-0.1, -0.05) is 49.5 Å². The molecule has 0 saturated carbocycles. The number of hydrogen-bond donors (Lipinski definition) is 0. The smallest absolute Gasteiger partial charge is 0.373 e. The quantitative estimate of drug-likeness (QED) is 0.287. The van der Waals surface area contributed by atoms with E-state index in [9.17, 15) is 4.79 Å². The summed E-state index contributed by atoms with van der Waals surface area (Å²) < 4.78 is 5.25. The Morgan fingerprint density at radius 1 is 1.27 bits per heavy atom. The minimum Gasteiger partial charge on any atom is -0.378 e. The highest BCUT2D eigenvalue weighted by molar-refractivity contribution is 6.93. The number of carbonyl (C=O) groups excluding carboxylic acids is 1. The van der Waals surface area contributed by atoms with E-state index in [0.717, 1.165) is 12.8 Å². The molecule has 1 aromatic carbocycles. The number of unbranched alkanes of at least 4 members (excludes halogenated alkanes) is 1. The molecular formula is C17H25O4Si. The number of rotatable bonds is 10. The average molecular weight is 321 g/mol. The summed E-state index contributed by atoms with van der Waals surface area (Å²) in [7, 11) is -1.60. The van der Waals surface area contributed by atoms with Crippen LogP contribution in [0.15, 0.2) is 36.5 Å². The molecule has 1 aromatic rings. The largest absolute Gasteiger partial charge is 0.378 e. The Labute approximate surface area is 134 Å². The highest BCUT2D eigenvalue weighted by Crippen LogP contribution is 2.07. The summed E-state index contributed by atoms with van der Waals surface area (Å²) in [6, 6.07) is 7.39. The maximum Gasteiger partial charge on any atom is 0.373 e. The molecule has 4 nitrogen and oxygen atoms in total. The SMILES string of the molecule is C=C[Si](C)(C)c1ccc(C(=O)OO[CH]COCCCC)cc1. The Morgan fingerprint density at radius 3 is 2.55 bits per heavy atom. The van der Waals surface area contributed by atoms with Gasteiger partial charge in [0.15, 0.2) is 6.61 Å². The van der Waals surface area contributed by atoms with Crippen molar-refractivity contribution >= 4 is 19.2 Å². The fourth-order valence-corrected chi connectivity index (χ4v) is 2.95. The van der Waals surface area contributed by atoms with Crippen LogP contribution in [0, 0.1) is 6.61 Å². The zero-order chi connectivity index (χ0) is 16.4. The zero-order valence-corrected chi connectivity index (χ0v) is 14.6. The third-order valence-corrected chi connectivity index (χ3v) is 6.24. The molecule has 0 atom stereocenters. The van der Waals surface area contributed by atoms with Crippen LogP contribution in [0.1, 0.15) is 30.1 Å². The van der Waals surface area contributed by atoms with E-state index < -0.39 is 14.0 Å². The minimum atomic E-state index is -1.60. The van der Waals surface area contributed by atoms with Crippen molar-refractivity contribution in [2.45, 2.75) is 32.9 Å². The lowest BCUT2D eigenvalue weighted by Crippen LogP contribution is -2.39. The molecule has 0 saturated heterocycles. The molecule has 0 aliphatic rings. The van der Waals surface area contributed by atoms with Gasteiger partial charge in [0.25, 0.3) is 0 Å². The molecular weight excluding hydrogens is 296 g/mol. The van der Waals surface area contributed by atoms with Crippen LogP contribution in [0.2, 0.25) is 13.1 Å². The molecule has 1 rings (SSSR count). The second-order valence-electron chi connectivity index (χ2n) is 5.57. The van der Waals surface area contributed by atoms with Crippen molar-refractivity contribution in [1.29, 1.82) is 0 Å². The van der Waals surface area contributed by atoms with Crippen LogP contribution in [0.25, 0.3) is 0 Å². The van der Waals surface area contributed by atoms with Crippen LogP contribution in [0.5, 0.6) is 0 Å². The Kier molecular flexibility index (Phi) is 8.09. The fraction of sp³-hybridized carbons (Fsp3) is 0.412. The van der Waals surface area contributed by atoms with Gasteiger partial charge >= 0.3 is 5.97 Å². The number of benzene rings is 1. The Morgan fingerprint density at radius 2 is 1.95 bits per heavy atom. The third kappa shape index (κ3) is 6.13. The molecule has 5 heteroatoms. The summed E-state index contributed by atoms with van der Waals surface area (Å²) in [5.74, 6) is -0.519. The molecule has 0 aliphatic heterocycles. The monoisotopic (exact) mass is 321 g/mol. The first-order chi connectivity index (χ1) is 10.5. The second kappa shape index (κ2) is 9.56. The molecule has 0 heterocycles. The van der Waals surface area contributed by atoms with Crippen molar-refractivity contribution in [3.8, 4) is 0 Å². The summed E-state index contributed by atoms with van der Waals surface area (Å²) in [5, 5.41) is 1.22. The molecule has 0 N–H and O–H groups in total. The highest BCUT2D eigenvalue weighted by atomic mass is 28.3. The van der Waals surface area contributed by atoms with Gasteiger partial charge in [-0.25, -0.2) is 4.79 Å². The molecule has 1 radical (unpaired) electrons. The van der Waals surface area contributed by atoms with E-state index in [0.29, 0.717) is 18.8 Å². The van der Waals surface area contributed by atoms with Crippen LogP contribution in [-0.2, 0) is 14.5 Å². The van der Waals surface area contributed by atoms with Gasteiger partial charge in [-0.15, -0.1) is 6.58 Å². The van der Waals surface area contributed by atoms with Gasteiger partial charge in [0.1, 0.15) is 8.07 Å². The standard InChI is InChI=1S/C17H25O4Si/c1-5-7-12-19-13-14-20-21-17(18)15-8-10-16(11-9-15)22(3,4)6-2/h6,8-11,14H,2,5,7,12-13H2,1,3-4H3. The van der Waals surface area contributed by atoms with Gasteiger partial charge in [-0.2, -0.15) is 4.89 Å². The van der Waals surface area contributed by atoms with Gasteiger partial charge in [0.05, 0.1) is 12.2 Å². The van der Waals surface area contributed by atoms with E-state index >= 15 is 0 Å². The van der Waals surface area contributed by atoms with Gasteiger partial charge in [-0.3, -0.25) is 4.89 Å². The first-order valence-corrected chi connectivity index (χ1v) is 10.6. The van der Waals surface area contributed by atoms with E-state index in [4.69, 9.17) is 14.5 Å². The normalized spacial score (nSPS) is 11.2. The summed E-state index contributed by atoms with van der Waals surface area (Å²) in [5.41, 5.74) is 2.47. The van der Waals surface area contributed by atoms with Crippen molar-refractivity contribution in [2.24, 2.45) is 0 Å². The molecule has 0 aliphatic carbocycles. The molecule has 22 heavy (non-hydrogen) atoms. The van der Waals surface area contributed by atoms with Gasteiger partial charge in [-0.05, 0) is 18.6 Å². The first-order valence-electron chi connectivity index (χ1n) is 7.52. The number of hydrogen-bond acceptors (Lipinski definition) is 4. The van der Waals surface area contributed by atoms with Crippen LogP contribution in [0.4, 0.5) is 0 Å². The van der Waals surface area contributed by atoms with E-state index in [-0.39, 0.29) is 0 Å². The summed E-state index contributed by atoms with van der Waals surface area (Å²) in [6.07, 6.45) is 2.09. The lowest BCUT2D eigenvalue weighted by atomic mass is 10.2. The van der Waals surface area contributed by atoms with Crippen LogP contribution in [0.3, 0.4) is 0 Å². The van der Waals surface area contributed by atoms with Crippen molar-refractivity contribution in [3.05, 3.63) is 48.7 Å². The topological polar surface area (TPSA) is 44.8 Å². The zero-order valence-electron chi connectivity index (χ0n) is 13.6. The second-order valence-corrected chi connectivity index (χ2v) is 9.99. The first kappa shape index (κ1) is 18.6. The minimum absolute atomic E-state index is 0.297. The van der Waals surface area contributed by atoms with Crippen molar-refractivity contribution in [1.82, 2.24) is 0 Å². The molecule has 0 unspecified atom stereocenters. The van der Waals surface area contributed by atoms with E-state index in [1.165, 1.54) is 11.8 Å². The van der Waals surface area contributed by atoms with E-state index in [1.54, 1.807) is 12.1 Å². The van der Waals surface area contributed by atoms with E-state index in [1.807, 2.05) is 17.8 Å². The fourth-order valence-electron chi connectivity index (χ4n) is 1.69. The lowest BCUT2D eigenvalue weighted by molar-refractivity contribution is -0.218. The van der Waals surface area contributed by atoms with E-state index in [2.05, 4.69) is 26.6 Å². The third-order valence-electron chi connectivity index (χ3n) is 3.39. The molecule has 0 aromatic heterocycles. The summed E-state index contributed by atoms with van der Waals surface area (Å²) >= 11 is 0. The lowest BCUT2D eigenvalue weighted by Gasteiger charge is -2.17. The van der Waals surface area contributed by atoms with Crippen molar-refractivity contribution in [3.63, 3.8) is 0 Å². The Hall–Kier alpha value is -1.43. The van der Waals surface area contributed by atoms with Crippen molar-refractivity contribution < 1.29 is 19.3 Å². The van der Waals surface area contributed by atoms with Crippen LogP contribution < -0.4 is 5.19 Å². The van der Waals surface area contributed by atoms with Gasteiger partial charge in [0, 0.05) is 6.61 Å². The van der Waals surface area contributed by atoms with Crippen LogP contribution in [-0.4, -0.2) is 27.3 Å². The summed E-state index contributed by atoms with van der Waals surface area (Å²) in [6.45, 7) is 12.7. The summed E-state index contributed by atoms with van der Waals surface area (Å²) in [4.78, 5) is 21.2. The number of ether oxygens (including phenoxy) is 1. The molecule has 0 amide bonds. The van der Waals surface area contributed by atoms with Gasteiger partial charge in [0.2, 0.25) is 0 Å². The highest BCUT2D eigenvalue weighted by Gasteiger charge is 2.19. The predicted octanol–water partition coefficient (Wildman–Crippen LogP) is 3.39. The number of carbonyl (C=O) groups is 1. The molecule has 121 valence electrons. The average Bonchev–Trinajstić information content (AvgIpc) is 2.54. The maximum atomic E-state index is 11.8. The van der Waals surface area contributed by atoms with Crippen LogP contribution >= 0.6 is 0 Å².